The number of piperazine rings is 1. The zero-order valence-corrected chi connectivity index (χ0v) is 14.1. The number of nitrogens with one attached hydrogen (secondary N) is 1. The molecule has 1 aromatic rings. The molecule has 2 rings (SSSR count). The monoisotopic (exact) mass is 297 g/mol. The molecule has 0 saturated carbocycles. The van der Waals surface area contributed by atoms with Crippen LogP contribution in [-0.2, 0) is 6.54 Å². The number of benzene rings is 1. The van der Waals surface area contributed by atoms with Gasteiger partial charge in [-0.15, -0.1) is 5.46 Å². The van der Waals surface area contributed by atoms with Crippen molar-refractivity contribution < 1.29 is 64.3 Å². The Morgan fingerprint density at radius 2 is 1.79 bits per heavy atom. The van der Waals surface area contributed by atoms with Crippen LogP contribution < -0.4 is 67.9 Å². The van der Waals surface area contributed by atoms with Crippen LogP contribution in [0.4, 0.5) is 18.6 Å². The number of hydrogen-bond donors (Lipinski definition) is 2. The van der Waals surface area contributed by atoms with Crippen LogP contribution in [0.1, 0.15) is 5.56 Å². The normalized spacial score (nSPS) is 17.0. The van der Waals surface area contributed by atoms with Gasteiger partial charge >= 0.3 is 58.4 Å². The molecule has 1 fully saturated rings. The molecule has 1 aromatic carbocycles. The molecule has 0 bridgehead atoms. The van der Waals surface area contributed by atoms with Crippen molar-refractivity contribution in [1.29, 1.82) is 0 Å². The Kier molecular flexibility index (Phi) is 6.85. The molecule has 0 radical (unpaired) electrons. The van der Waals surface area contributed by atoms with Gasteiger partial charge in [0.25, 0.3) is 0 Å². The Bertz CT molecular complexity index is 422. The minimum atomic E-state index is -4.98. The van der Waals surface area contributed by atoms with E-state index in [2.05, 4.69) is 10.2 Å². The first kappa shape index (κ1) is 17.5. The number of anilines is 1. The first-order valence-corrected chi connectivity index (χ1v) is 5.97. The van der Waals surface area contributed by atoms with E-state index >= 15 is 0 Å². The first-order valence-electron chi connectivity index (χ1n) is 5.97. The van der Waals surface area contributed by atoms with Crippen LogP contribution in [0.15, 0.2) is 18.2 Å². The molecule has 0 aliphatic carbocycles. The van der Waals surface area contributed by atoms with Crippen LogP contribution in [-0.4, -0.2) is 38.1 Å². The summed E-state index contributed by atoms with van der Waals surface area (Å²) in [6, 6.07) is 3.83. The topological polar surface area (TPSA) is 41.3 Å². The van der Waals surface area contributed by atoms with Gasteiger partial charge in [-0.3, -0.25) is 4.90 Å². The second-order valence-electron chi connectivity index (χ2n) is 4.61. The van der Waals surface area contributed by atoms with Crippen LogP contribution in [0.25, 0.3) is 0 Å². The van der Waals surface area contributed by atoms with Crippen molar-refractivity contribution >= 4 is 18.1 Å². The maximum atomic E-state index is 12.7. The summed E-state index contributed by atoms with van der Waals surface area (Å²) in [5.74, 6) is 0. The van der Waals surface area contributed by atoms with Crippen molar-refractivity contribution in [1.82, 2.24) is 10.2 Å². The fraction of sp³-hybridized carbons (Fsp3) is 0.455. The molecule has 100 valence electrons. The maximum absolute atomic E-state index is 12.7. The third kappa shape index (κ3) is 5.37. The Morgan fingerprint density at radius 1 is 1.16 bits per heavy atom. The zero-order valence-electron chi connectivity index (χ0n) is 11.0. The summed E-state index contributed by atoms with van der Waals surface area (Å²) >= 11 is 0. The van der Waals surface area contributed by atoms with E-state index in [0.717, 1.165) is 32.2 Å². The fourth-order valence-corrected chi connectivity index (χ4v) is 2.15. The summed E-state index contributed by atoms with van der Waals surface area (Å²) in [6.45, 7) is -1.02. The molecule has 1 saturated heterocycles. The summed E-state index contributed by atoms with van der Waals surface area (Å²) in [5.41, 5.74) is 5.74. The Hall–Kier alpha value is 0.431. The number of hydrogen-bond acceptors (Lipinski definition) is 3. The average Bonchev–Trinajstić information content (AvgIpc) is 2.28. The predicted molar refractivity (Wildman–Crippen MR) is 67.7 cm³/mol. The molecule has 0 atom stereocenters. The number of nitrogen functional groups attached to an aromatic ring is 1. The zero-order chi connectivity index (χ0) is 13.2. The summed E-state index contributed by atoms with van der Waals surface area (Å²) in [7, 11) is 0. The molecule has 0 aromatic heterocycles. The molecule has 1 aliphatic heterocycles. The van der Waals surface area contributed by atoms with E-state index in [9.17, 15) is 12.9 Å². The van der Waals surface area contributed by atoms with Gasteiger partial charge in [-0.25, -0.2) is 0 Å². The molecular weight excluding hydrogens is 281 g/mol. The van der Waals surface area contributed by atoms with Crippen molar-refractivity contribution in [3.63, 3.8) is 0 Å². The third-order valence-corrected chi connectivity index (χ3v) is 3.03. The van der Waals surface area contributed by atoms with Crippen LogP contribution in [0.3, 0.4) is 0 Å². The van der Waals surface area contributed by atoms with Gasteiger partial charge in [-0.05, 0) is 11.6 Å². The molecular formula is C11H16BF3KN3. The third-order valence-electron chi connectivity index (χ3n) is 3.03. The summed E-state index contributed by atoms with van der Waals surface area (Å²) in [4.78, 5) is 2.12. The first-order chi connectivity index (χ1) is 8.45. The van der Waals surface area contributed by atoms with Crippen molar-refractivity contribution in [2.75, 3.05) is 31.9 Å². The van der Waals surface area contributed by atoms with Crippen molar-refractivity contribution in [2.24, 2.45) is 0 Å². The molecule has 1 heterocycles. The van der Waals surface area contributed by atoms with Gasteiger partial charge in [0.1, 0.15) is 0 Å². The standard InChI is InChI=1S/C11H16BF3N3.K/c13-12(14,15)10-5-9(6-11(16)7-10)8-18-3-1-17-2-4-18;/h5-7,17H,1-4,8,16H2;/q-1;+1. The van der Waals surface area contributed by atoms with Gasteiger partial charge in [0.05, 0.1) is 0 Å². The largest absolute Gasteiger partial charge is 1.00 e. The van der Waals surface area contributed by atoms with E-state index in [1.165, 1.54) is 6.07 Å². The van der Waals surface area contributed by atoms with E-state index in [0.29, 0.717) is 12.1 Å². The van der Waals surface area contributed by atoms with Gasteiger partial charge in [0.15, 0.2) is 0 Å². The van der Waals surface area contributed by atoms with E-state index in [1.807, 2.05) is 0 Å². The quantitative estimate of drug-likeness (QED) is 0.488. The minimum Gasteiger partial charge on any atom is -0.445 e. The maximum Gasteiger partial charge on any atom is 1.00 e. The van der Waals surface area contributed by atoms with Crippen LogP contribution in [0.5, 0.6) is 0 Å². The number of rotatable bonds is 3. The van der Waals surface area contributed by atoms with E-state index < -0.39 is 12.4 Å². The summed E-state index contributed by atoms with van der Waals surface area (Å²) < 4.78 is 38.1. The minimum absolute atomic E-state index is 0. The number of halogens is 3. The van der Waals surface area contributed by atoms with Gasteiger partial charge < -0.3 is 24.0 Å². The molecule has 19 heavy (non-hydrogen) atoms. The summed E-state index contributed by atoms with van der Waals surface area (Å²) in [5, 5.41) is 3.20. The molecule has 3 N–H and O–H groups in total. The second kappa shape index (κ2) is 7.44. The number of nitrogens with two attached hydrogens (primary N) is 1. The predicted octanol–water partition coefficient (Wildman–Crippen LogP) is -2.27. The van der Waals surface area contributed by atoms with E-state index in [-0.39, 0.29) is 57.1 Å². The smallest absolute Gasteiger partial charge is 0.445 e. The van der Waals surface area contributed by atoms with Gasteiger partial charge in [0.2, 0.25) is 0 Å². The fourth-order valence-electron chi connectivity index (χ4n) is 2.15. The van der Waals surface area contributed by atoms with Crippen LogP contribution in [0.2, 0.25) is 0 Å². The Balaban J connectivity index is 0.00000180. The second-order valence-corrected chi connectivity index (χ2v) is 4.61. The number of nitrogens with zero attached hydrogens (tertiary/aromatic N) is 1. The molecule has 0 amide bonds. The van der Waals surface area contributed by atoms with Crippen LogP contribution >= 0.6 is 0 Å². The summed E-state index contributed by atoms with van der Waals surface area (Å²) in [6.07, 6.45) is 0. The van der Waals surface area contributed by atoms with Gasteiger partial charge in [-0.2, -0.15) is 0 Å². The van der Waals surface area contributed by atoms with Gasteiger partial charge in [-0.1, -0.05) is 12.1 Å². The molecule has 3 nitrogen and oxygen atoms in total. The van der Waals surface area contributed by atoms with Crippen molar-refractivity contribution in [3.05, 3.63) is 23.8 Å². The van der Waals surface area contributed by atoms with E-state index in [1.54, 1.807) is 6.07 Å². The van der Waals surface area contributed by atoms with Crippen molar-refractivity contribution in [3.8, 4) is 0 Å². The van der Waals surface area contributed by atoms with Gasteiger partial charge in [0, 0.05) is 38.4 Å². The Morgan fingerprint density at radius 3 is 2.37 bits per heavy atom. The van der Waals surface area contributed by atoms with Crippen molar-refractivity contribution in [2.45, 2.75) is 6.54 Å². The molecule has 1 aliphatic rings. The van der Waals surface area contributed by atoms with Crippen LogP contribution in [0, 0.1) is 0 Å². The molecule has 0 spiro atoms. The Labute approximate surface area is 153 Å². The SMILES string of the molecule is Nc1cc(CN2CCNCC2)cc([B-](F)(F)F)c1.[K+]. The molecule has 0 unspecified atom stereocenters. The average molecular weight is 297 g/mol. The van der Waals surface area contributed by atoms with E-state index in [4.69, 9.17) is 5.73 Å². The molecule has 8 heteroatoms.